The van der Waals surface area contributed by atoms with Crippen LogP contribution in [-0.4, -0.2) is 59.5 Å². The molecular weight excluding hydrogens is 332 g/mol. The van der Waals surface area contributed by atoms with Gasteiger partial charge in [0.1, 0.15) is 0 Å². The zero-order valence-electron chi connectivity index (χ0n) is 15.0. The van der Waals surface area contributed by atoms with Crippen molar-refractivity contribution in [1.29, 1.82) is 0 Å². The lowest BCUT2D eigenvalue weighted by Crippen LogP contribution is -2.50. The minimum absolute atomic E-state index is 0.134. The number of aryl methyl sites for hydroxylation is 2. The van der Waals surface area contributed by atoms with Gasteiger partial charge in [-0.05, 0) is 18.9 Å². The molecule has 0 atom stereocenters. The van der Waals surface area contributed by atoms with Crippen LogP contribution in [0.4, 0.5) is 5.88 Å². The maximum atomic E-state index is 12.4. The Labute approximate surface area is 152 Å². The van der Waals surface area contributed by atoms with E-state index < -0.39 is 0 Å². The quantitative estimate of drug-likeness (QED) is 0.852. The van der Waals surface area contributed by atoms with E-state index in [2.05, 4.69) is 10.5 Å². The number of anilines is 1. The van der Waals surface area contributed by atoms with Crippen LogP contribution in [0.2, 0.25) is 0 Å². The summed E-state index contributed by atoms with van der Waals surface area (Å²) in [6.07, 6.45) is 1.29. The standard InChI is InChI=1S/C19H24N4O3/c1-15-13-18(26-21-15)20-17(24)14-22-9-11-23(12-10-22)19(25)8-7-16-5-3-2-4-6-16/h2-6,13H,7-12,14H2,1H3,(H,20,24). The van der Waals surface area contributed by atoms with Crippen molar-refractivity contribution in [2.24, 2.45) is 0 Å². The molecule has 1 aliphatic rings. The molecule has 0 bridgehead atoms. The highest BCUT2D eigenvalue weighted by molar-refractivity contribution is 5.91. The predicted octanol–water partition coefficient (Wildman–Crippen LogP) is 1.70. The van der Waals surface area contributed by atoms with Gasteiger partial charge in [0, 0.05) is 38.7 Å². The van der Waals surface area contributed by atoms with Crippen molar-refractivity contribution in [2.45, 2.75) is 19.8 Å². The van der Waals surface area contributed by atoms with Crippen molar-refractivity contribution in [3.8, 4) is 0 Å². The van der Waals surface area contributed by atoms with E-state index in [4.69, 9.17) is 4.52 Å². The van der Waals surface area contributed by atoms with Crippen LogP contribution in [0, 0.1) is 6.92 Å². The number of rotatable bonds is 6. The Morgan fingerprint density at radius 1 is 1.15 bits per heavy atom. The summed E-state index contributed by atoms with van der Waals surface area (Å²) >= 11 is 0. The Bertz CT molecular complexity index is 736. The van der Waals surface area contributed by atoms with Gasteiger partial charge in [-0.1, -0.05) is 35.5 Å². The molecule has 1 saturated heterocycles. The average Bonchev–Trinajstić information content (AvgIpc) is 3.05. The van der Waals surface area contributed by atoms with E-state index in [1.54, 1.807) is 13.0 Å². The largest absolute Gasteiger partial charge is 0.340 e. The summed E-state index contributed by atoms with van der Waals surface area (Å²) in [4.78, 5) is 28.3. The molecule has 26 heavy (non-hydrogen) atoms. The molecule has 0 aliphatic carbocycles. The Hall–Kier alpha value is -2.67. The normalized spacial score (nSPS) is 15.0. The van der Waals surface area contributed by atoms with Crippen LogP contribution in [-0.2, 0) is 16.0 Å². The van der Waals surface area contributed by atoms with Crippen molar-refractivity contribution in [1.82, 2.24) is 15.0 Å². The van der Waals surface area contributed by atoms with E-state index in [9.17, 15) is 9.59 Å². The molecule has 0 saturated carbocycles. The lowest BCUT2D eigenvalue weighted by Gasteiger charge is -2.34. The maximum absolute atomic E-state index is 12.4. The fourth-order valence-corrected chi connectivity index (χ4v) is 3.01. The Balaban J connectivity index is 1.38. The third-order valence-corrected chi connectivity index (χ3v) is 4.45. The van der Waals surface area contributed by atoms with Crippen LogP contribution >= 0.6 is 0 Å². The molecule has 1 fully saturated rings. The molecule has 1 aliphatic heterocycles. The molecule has 0 radical (unpaired) electrons. The first-order valence-corrected chi connectivity index (χ1v) is 8.87. The third kappa shape index (κ3) is 5.16. The number of carbonyl (C=O) groups excluding carboxylic acids is 2. The van der Waals surface area contributed by atoms with E-state index >= 15 is 0 Å². The SMILES string of the molecule is Cc1cc(NC(=O)CN2CCN(C(=O)CCc3ccccc3)CC2)on1. The smallest absolute Gasteiger partial charge is 0.240 e. The third-order valence-electron chi connectivity index (χ3n) is 4.45. The second-order valence-corrected chi connectivity index (χ2v) is 6.52. The molecule has 1 N–H and O–H groups in total. The topological polar surface area (TPSA) is 78.7 Å². The monoisotopic (exact) mass is 356 g/mol. The summed E-state index contributed by atoms with van der Waals surface area (Å²) in [7, 11) is 0. The van der Waals surface area contributed by atoms with Crippen molar-refractivity contribution < 1.29 is 14.1 Å². The van der Waals surface area contributed by atoms with Gasteiger partial charge in [-0.15, -0.1) is 0 Å². The van der Waals surface area contributed by atoms with E-state index in [1.165, 1.54) is 5.56 Å². The lowest BCUT2D eigenvalue weighted by atomic mass is 10.1. The Morgan fingerprint density at radius 3 is 2.54 bits per heavy atom. The van der Waals surface area contributed by atoms with Gasteiger partial charge in [0.2, 0.25) is 17.7 Å². The number of nitrogens with zero attached hydrogens (tertiary/aromatic N) is 3. The Kier molecular flexibility index (Phi) is 6.01. The number of hydrogen-bond acceptors (Lipinski definition) is 5. The Morgan fingerprint density at radius 2 is 1.88 bits per heavy atom. The number of amides is 2. The molecule has 2 heterocycles. The van der Waals surface area contributed by atoms with Gasteiger partial charge in [-0.2, -0.15) is 0 Å². The second kappa shape index (κ2) is 8.62. The van der Waals surface area contributed by atoms with Crippen LogP contribution in [0.25, 0.3) is 0 Å². The predicted molar refractivity (Wildman–Crippen MR) is 97.7 cm³/mol. The summed E-state index contributed by atoms with van der Waals surface area (Å²) in [5.41, 5.74) is 1.90. The zero-order valence-corrected chi connectivity index (χ0v) is 15.0. The number of carbonyl (C=O) groups is 2. The van der Waals surface area contributed by atoms with E-state index in [1.807, 2.05) is 40.1 Å². The molecule has 2 aromatic rings. The van der Waals surface area contributed by atoms with E-state index in [0.717, 1.165) is 12.1 Å². The summed E-state index contributed by atoms with van der Waals surface area (Å²) < 4.78 is 4.98. The van der Waals surface area contributed by atoms with E-state index in [-0.39, 0.29) is 18.4 Å². The number of hydrogen-bond donors (Lipinski definition) is 1. The number of piperazine rings is 1. The summed E-state index contributed by atoms with van der Waals surface area (Å²) in [5, 5.41) is 6.43. The lowest BCUT2D eigenvalue weighted by molar-refractivity contribution is -0.133. The van der Waals surface area contributed by atoms with E-state index in [0.29, 0.717) is 38.5 Å². The minimum Gasteiger partial charge on any atom is -0.340 e. The zero-order chi connectivity index (χ0) is 18.4. The van der Waals surface area contributed by atoms with Gasteiger partial charge < -0.3 is 9.42 Å². The summed E-state index contributed by atoms with van der Waals surface area (Å²) in [5.74, 6) is 0.405. The highest BCUT2D eigenvalue weighted by atomic mass is 16.5. The minimum atomic E-state index is -0.134. The van der Waals surface area contributed by atoms with Crippen LogP contribution in [0.15, 0.2) is 40.9 Å². The second-order valence-electron chi connectivity index (χ2n) is 6.52. The van der Waals surface area contributed by atoms with Gasteiger partial charge in [-0.3, -0.25) is 19.8 Å². The number of nitrogens with one attached hydrogen (secondary N) is 1. The molecule has 0 spiro atoms. The van der Waals surface area contributed by atoms with Gasteiger partial charge >= 0.3 is 0 Å². The summed E-state index contributed by atoms with van der Waals surface area (Å²) in [6, 6.07) is 11.7. The molecule has 7 heteroatoms. The highest BCUT2D eigenvalue weighted by Crippen LogP contribution is 2.10. The number of benzene rings is 1. The first kappa shape index (κ1) is 18.1. The van der Waals surface area contributed by atoms with Crippen molar-refractivity contribution in [3.05, 3.63) is 47.7 Å². The molecular formula is C19H24N4O3. The van der Waals surface area contributed by atoms with Gasteiger partial charge in [0.15, 0.2) is 0 Å². The summed E-state index contributed by atoms with van der Waals surface area (Å²) in [6.45, 7) is 4.78. The highest BCUT2D eigenvalue weighted by Gasteiger charge is 2.22. The molecule has 7 nitrogen and oxygen atoms in total. The molecule has 1 aromatic carbocycles. The van der Waals surface area contributed by atoms with Crippen LogP contribution in [0.5, 0.6) is 0 Å². The molecule has 2 amide bonds. The van der Waals surface area contributed by atoms with Crippen molar-refractivity contribution in [2.75, 3.05) is 38.0 Å². The van der Waals surface area contributed by atoms with Crippen molar-refractivity contribution >= 4 is 17.7 Å². The van der Waals surface area contributed by atoms with Crippen LogP contribution in [0.3, 0.4) is 0 Å². The van der Waals surface area contributed by atoms with Crippen molar-refractivity contribution in [3.63, 3.8) is 0 Å². The molecule has 0 unspecified atom stereocenters. The van der Waals surface area contributed by atoms with Crippen LogP contribution < -0.4 is 5.32 Å². The molecule has 1 aromatic heterocycles. The van der Waals surface area contributed by atoms with Crippen LogP contribution in [0.1, 0.15) is 17.7 Å². The van der Waals surface area contributed by atoms with Gasteiger partial charge in [0.25, 0.3) is 0 Å². The number of aromatic nitrogens is 1. The molecule has 138 valence electrons. The fraction of sp³-hybridized carbons (Fsp3) is 0.421. The maximum Gasteiger partial charge on any atom is 0.240 e. The fourth-order valence-electron chi connectivity index (χ4n) is 3.01. The first-order valence-electron chi connectivity index (χ1n) is 8.87. The molecule has 3 rings (SSSR count). The first-order chi connectivity index (χ1) is 12.6. The average molecular weight is 356 g/mol. The van der Waals surface area contributed by atoms with Gasteiger partial charge in [-0.25, -0.2) is 0 Å². The van der Waals surface area contributed by atoms with Gasteiger partial charge in [0.05, 0.1) is 12.2 Å².